The molecule has 0 bridgehead atoms. The van der Waals surface area contributed by atoms with Crippen LogP contribution in [-0.2, 0) is 12.8 Å². The van der Waals surface area contributed by atoms with Gasteiger partial charge in [-0.25, -0.2) is 0 Å². The number of fused-ring (bicyclic) bond motifs is 2. The van der Waals surface area contributed by atoms with Gasteiger partial charge in [-0.15, -0.1) is 0 Å². The first-order valence-electron chi connectivity index (χ1n) is 9.22. The predicted molar refractivity (Wildman–Crippen MR) is 103 cm³/mol. The number of amides is 1. The molecule has 0 aliphatic heterocycles. The van der Waals surface area contributed by atoms with Crippen LogP contribution in [0.15, 0.2) is 47.4 Å². The zero-order valence-electron chi connectivity index (χ0n) is 15.0. The summed E-state index contributed by atoms with van der Waals surface area (Å²) in [5.41, 5.74) is 2.67. The number of rotatable bonds is 5. The maximum absolute atomic E-state index is 12.4. The second kappa shape index (κ2) is 7.61. The minimum absolute atomic E-state index is 0.169. The van der Waals surface area contributed by atoms with Gasteiger partial charge < -0.3 is 15.0 Å². The smallest absolute Gasteiger partial charge is 0.261 e. The molecule has 1 aliphatic carbocycles. The number of pyridine rings is 2. The molecule has 1 amide bonds. The zero-order valence-corrected chi connectivity index (χ0v) is 15.0. The number of nitrogens with zero attached hydrogens (tertiary/aromatic N) is 1. The summed E-state index contributed by atoms with van der Waals surface area (Å²) in [4.78, 5) is 31.7. The Labute approximate surface area is 156 Å². The SMILES string of the molecule is O=C(NCCOc1cccc2cccnc12)c1cc2c([nH]c1=O)CCCC2. The number of nitrogens with one attached hydrogen (secondary N) is 2. The lowest BCUT2D eigenvalue weighted by Gasteiger charge is -2.16. The highest BCUT2D eigenvalue weighted by Crippen LogP contribution is 2.22. The topological polar surface area (TPSA) is 84.1 Å². The summed E-state index contributed by atoms with van der Waals surface area (Å²) < 4.78 is 5.76. The Kier molecular flexibility index (Phi) is 4.87. The maximum atomic E-state index is 12.4. The predicted octanol–water partition coefficient (Wildman–Crippen LogP) is 2.61. The number of H-pyrrole nitrogens is 1. The molecule has 4 rings (SSSR count). The van der Waals surface area contributed by atoms with Crippen LogP contribution in [0, 0.1) is 0 Å². The standard InChI is InChI=1S/C21H21N3O3/c25-20(16-13-15-5-1-2-8-17(15)24-21(16)26)23-11-12-27-18-9-3-6-14-7-4-10-22-19(14)18/h3-4,6-7,9-10,13H,1-2,5,8,11-12H2,(H,23,25)(H,24,26). The number of aryl methyl sites for hydroxylation is 2. The van der Waals surface area contributed by atoms with Crippen LogP contribution in [0.5, 0.6) is 5.75 Å². The van der Waals surface area contributed by atoms with Crippen LogP contribution < -0.4 is 15.6 Å². The number of ether oxygens (including phenoxy) is 1. The van der Waals surface area contributed by atoms with Gasteiger partial charge in [-0.05, 0) is 49.4 Å². The number of aromatic nitrogens is 2. The van der Waals surface area contributed by atoms with Crippen LogP contribution in [0.25, 0.3) is 10.9 Å². The van der Waals surface area contributed by atoms with Gasteiger partial charge in [-0.1, -0.05) is 18.2 Å². The molecular weight excluding hydrogens is 342 g/mol. The number of para-hydroxylation sites is 1. The fourth-order valence-corrected chi connectivity index (χ4v) is 3.46. The fraction of sp³-hybridized carbons (Fsp3) is 0.286. The molecule has 6 heteroatoms. The third-order valence-corrected chi connectivity index (χ3v) is 4.82. The van der Waals surface area contributed by atoms with Crippen molar-refractivity contribution in [2.24, 2.45) is 0 Å². The molecule has 0 saturated heterocycles. The van der Waals surface area contributed by atoms with Gasteiger partial charge in [0, 0.05) is 17.3 Å². The number of aromatic amines is 1. The second-order valence-corrected chi connectivity index (χ2v) is 6.66. The van der Waals surface area contributed by atoms with E-state index in [1.807, 2.05) is 30.3 Å². The van der Waals surface area contributed by atoms with Gasteiger partial charge in [-0.3, -0.25) is 14.6 Å². The fourth-order valence-electron chi connectivity index (χ4n) is 3.46. The summed E-state index contributed by atoms with van der Waals surface area (Å²) in [5, 5.41) is 3.76. The number of hydrogen-bond acceptors (Lipinski definition) is 4. The van der Waals surface area contributed by atoms with Crippen molar-refractivity contribution in [2.45, 2.75) is 25.7 Å². The molecule has 27 heavy (non-hydrogen) atoms. The Morgan fingerprint density at radius 1 is 1.19 bits per heavy atom. The summed E-state index contributed by atoms with van der Waals surface area (Å²) in [5.74, 6) is 0.304. The quantitative estimate of drug-likeness (QED) is 0.683. The Hall–Kier alpha value is -3.15. The van der Waals surface area contributed by atoms with Crippen molar-refractivity contribution in [3.63, 3.8) is 0 Å². The van der Waals surface area contributed by atoms with Crippen molar-refractivity contribution in [3.8, 4) is 5.75 Å². The normalized spacial score (nSPS) is 13.2. The molecule has 6 nitrogen and oxygen atoms in total. The van der Waals surface area contributed by atoms with E-state index in [4.69, 9.17) is 4.74 Å². The highest BCUT2D eigenvalue weighted by molar-refractivity contribution is 5.94. The molecule has 0 radical (unpaired) electrons. The maximum Gasteiger partial charge on any atom is 0.261 e. The van der Waals surface area contributed by atoms with E-state index in [9.17, 15) is 9.59 Å². The Bertz CT molecular complexity index is 1040. The van der Waals surface area contributed by atoms with Crippen molar-refractivity contribution >= 4 is 16.8 Å². The van der Waals surface area contributed by atoms with E-state index in [0.29, 0.717) is 18.9 Å². The summed E-state index contributed by atoms with van der Waals surface area (Å²) >= 11 is 0. The van der Waals surface area contributed by atoms with E-state index in [-0.39, 0.29) is 17.0 Å². The van der Waals surface area contributed by atoms with Gasteiger partial charge in [0.05, 0.1) is 6.54 Å². The van der Waals surface area contributed by atoms with E-state index in [1.165, 1.54) is 0 Å². The molecule has 2 heterocycles. The van der Waals surface area contributed by atoms with Crippen molar-refractivity contribution in [1.29, 1.82) is 0 Å². The van der Waals surface area contributed by atoms with E-state index in [1.54, 1.807) is 12.3 Å². The monoisotopic (exact) mass is 363 g/mol. The minimum atomic E-state index is -0.371. The third-order valence-electron chi connectivity index (χ3n) is 4.82. The molecule has 138 valence electrons. The van der Waals surface area contributed by atoms with Crippen LogP contribution in [-0.4, -0.2) is 29.0 Å². The number of carbonyl (C=O) groups is 1. The molecule has 0 fully saturated rings. The minimum Gasteiger partial charge on any atom is -0.489 e. The number of hydrogen-bond donors (Lipinski definition) is 2. The Balaban J connectivity index is 1.38. The average Bonchev–Trinajstić information content (AvgIpc) is 2.70. The van der Waals surface area contributed by atoms with Crippen molar-refractivity contribution < 1.29 is 9.53 Å². The third kappa shape index (κ3) is 3.69. The van der Waals surface area contributed by atoms with Crippen molar-refractivity contribution in [1.82, 2.24) is 15.3 Å². The highest BCUT2D eigenvalue weighted by Gasteiger charge is 2.16. The van der Waals surface area contributed by atoms with E-state index >= 15 is 0 Å². The molecule has 3 aromatic rings. The van der Waals surface area contributed by atoms with E-state index in [0.717, 1.165) is 47.8 Å². The first-order chi connectivity index (χ1) is 13.2. The summed E-state index contributed by atoms with van der Waals surface area (Å²) in [6.45, 7) is 0.600. The molecule has 2 N–H and O–H groups in total. The Morgan fingerprint density at radius 2 is 2.04 bits per heavy atom. The lowest BCUT2D eigenvalue weighted by atomic mass is 9.95. The number of benzene rings is 1. The second-order valence-electron chi connectivity index (χ2n) is 6.66. The van der Waals surface area contributed by atoms with Crippen LogP contribution in [0.1, 0.15) is 34.5 Å². The van der Waals surface area contributed by atoms with Crippen LogP contribution in [0.2, 0.25) is 0 Å². The number of carbonyl (C=O) groups excluding carboxylic acids is 1. The van der Waals surface area contributed by atoms with Gasteiger partial charge in [0.25, 0.3) is 11.5 Å². The summed E-state index contributed by atoms with van der Waals surface area (Å²) in [6.07, 6.45) is 5.67. The molecule has 0 unspecified atom stereocenters. The highest BCUT2D eigenvalue weighted by atomic mass is 16.5. The summed E-state index contributed by atoms with van der Waals surface area (Å²) in [6, 6.07) is 11.3. The summed E-state index contributed by atoms with van der Waals surface area (Å²) in [7, 11) is 0. The molecule has 1 aromatic carbocycles. The molecule has 1 aliphatic rings. The first-order valence-corrected chi connectivity index (χ1v) is 9.22. The van der Waals surface area contributed by atoms with Crippen LogP contribution in [0.4, 0.5) is 0 Å². The van der Waals surface area contributed by atoms with Crippen molar-refractivity contribution in [2.75, 3.05) is 13.2 Å². The van der Waals surface area contributed by atoms with Gasteiger partial charge in [0.15, 0.2) is 0 Å². The van der Waals surface area contributed by atoms with Crippen LogP contribution >= 0.6 is 0 Å². The molecular formula is C21H21N3O3. The van der Waals surface area contributed by atoms with Crippen molar-refractivity contribution in [3.05, 3.63) is 69.8 Å². The molecule has 0 atom stereocenters. The zero-order chi connectivity index (χ0) is 18.6. The van der Waals surface area contributed by atoms with E-state index < -0.39 is 0 Å². The molecule has 2 aromatic heterocycles. The largest absolute Gasteiger partial charge is 0.489 e. The van der Waals surface area contributed by atoms with Gasteiger partial charge in [-0.2, -0.15) is 0 Å². The average molecular weight is 363 g/mol. The first kappa shape index (κ1) is 17.3. The molecule has 0 saturated carbocycles. The Morgan fingerprint density at radius 3 is 2.96 bits per heavy atom. The van der Waals surface area contributed by atoms with Crippen LogP contribution in [0.3, 0.4) is 0 Å². The lowest BCUT2D eigenvalue weighted by Crippen LogP contribution is -2.33. The molecule has 0 spiro atoms. The lowest BCUT2D eigenvalue weighted by molar-refractivity contribution is 0.0945. The van der Waals surface area contributed by atoms with Gasteiger partial charge in [0.2, 0.25) is 0 Å². The van der Waals surface area contributed by atoms with Gasteiger partial charge >= 0.3 is 0 Å². The van der Waals surface area contributed by atoms with E-state index in [2.05, 4.69) is 15.3 Å². The van der Waals surface area contributed by atoms with Gasteiger partial charge in [0.1, 0.15) is 23.4 Å².